The number of carbonyl (C=O) groups is 1. The smallest absolute Gasteiger partial charge is 0.251 e. The topological polar surface area (TPSA) is 91.8 Å². The van der Waals surface area contributed by atoms with Crippen LogP contribution in [0.3, 0.4) is 0 Å². The summed E-state index contributed by atoms with van der Waals surface area (Å²) in [6, 6.07) is 14.9. The molecule has 2 heterocycles. The summed E-state index contributed by atoms with van der Waals surface area (Å²) >= 11 is 2.21. The number of pyridine rings is 1. The van der Waals surface area contributed by atoms with E-state index in [2.05, 4.69) is 53.5 Å². The molecule has 0 aliphatic carbocycles. The Morgan fingerprint density at radius 2 is 1.78 bits per heavy atom. The van der Waals surface area contributed by atoms with Crippen LogP contribution in [0.15, 0.2) is 54.7 Å². The van der Waals surface area contributed by atoms with Crippen LogP contribution >= 0.6 is 22.6 Å². The molecule has 27 heavy (non-hydrogen) atoms. The average molecular weight is 474 g/mol. The minimum atomic E-state index is -0.0930. The molecule has 3 N–H and O–H groups in total. The van der Waals surface area contributed by atoms with Crippen LogP contribution in [0.1, 0.15) is 16.2 Å². The molecule has 0 aliphatic rings. The van der Waals surface area contributed by atoms with Gasteiger partial charge in [-0.15, -0.1) is 0 Å². The Kier molecular flexibility index (Phi) is 6.53. The summed E-state index contributed by atoms with van der Waals surface area (Å²) in [6.07, 6.45) is 1.71. The van der Waals surface area contributed by atoms with Gasteiger partial charge in [-0.3, -0.25) is 4.79 Å². The number of nitrogens with one attached hydrogen (secondary N) is 3. The third-order valence-corrected chi connectivity index (χ3v) is 4.30. The van der Waals surface area contributed by atoms with E-state index in [0.717, 1.165) is 3.57 Å². The third-order valence-electron chi connectivity index (χ3n) is 3.58. The van der Waals surface area contributed by atoms with Crippen LogP contribution in [0.5, 0.6) is 0 Å². The van der Waals surface area contributed by atoms with E-state index in [9.17, 15) is 4.79 Å². The molecular formula is C19H19IN6O. The van der Waals surface area contributed by atoms with E-state index in [1.165, 1.54) is 0 Å². The van der Waals surface area contributed by atoms with Crippen LogP contribution in [0.4, 0.5) is 17.5 Å². The lowest BCUT2D eigenvalue weighted by atomic mass is 10.2. The van der Waals surface area contributed by atoms with Gasteiger partial charge in [0.05, 0.1) is 0 Å². The number of nitrogens with zero attached hydrogens (tertiary/aromatic N) is 3. The number of benzene rings is 1. The number of amides is 1. The lowest BCUT2D eigenvalue weighted by Gasteiger charge is -2.10. The number of aromatic nitrogens is 3. The highest BCUT2D eigenvalue weighted by molar-refractivity contribution is 14.1. The zero-order valence-corrected chi connectivity index (χ0v) is 16.9. The second kappa shape index (κ2) is 9.26. The highest BCUT2D eigenvalue weighted by atomic mass is 127. The van der Waals surface area contributed by atoms with Crippen LogP contribution in [0, 0.1) is 10.5 Å². The molecule has 0 fully saturated rings. The molecule has 0 atom stereocenters. The molecule has 8 heteroatoms. The van der Waals surface area contributed by atoms with Crippen molar-refractivity contribution >= 4 is 46.0 Å². The molecule has 138 valence electrons. The van der Waals surface area contributed by atoms with Crippen molar-refractivity contribution in [1.29, 1.82) is 0 Å². The molecule has 2 aromatic heterocycles. The zero-order chi connectivity index (χ0) is 19.1. The Bertz CT molecular complexity index is 902. The normalized spacial score (nSPS) is 10.3. The van der Waals surface area contributed by atoms with E-state index >= 15 is 0 Å². The third kappa shape index (κ3) is 5.88. The van der Waals surface area contributed by atoms with Gasteiger partial charge in [0, 0.05) is 34.5 Å². The number of carbonyl (C=O) groups excluding carboxylic acids is 1. The van der Waals surface area contributed by atoms with Gasteiger partial charge in [-0.25, -0.2) is 15.0 Å². The number of rotatable bonds is 7. The van der Waals surface area contributed by atoms with Crippen molar-refractivity contribution in [2.75, 3.05) is 23.7 Å². The Morgan fingerprint density at radius 1 is 1.00 bits per heavy atom. The van der Waals surface area contributed by atoms with Crippen LogP contribution in [-0.2, 0) is 0 Å². The van der Waals surface area contributed by atoms with Gasteiger partial charge in [0.2, 0.25) is 0 Å². The average Bonchev–Trinajstić information content (AvgIpc) is 2.66. The predicted molar refractivity (Wildman–Crippen MR) is 114 cm³/mol. The summed E-state index contributed by atoms with van der Waals surface area (Å²) in [7, 11) is 0. The summed E-state index contributed by atoms with van der Waals surface area (Å²) < 4.78 is 1.10. The summed E-state index contributed by atoms with van der Waals surface area (Å²) in [5.74, 6) is 2.60. The van der Waals surface area contributed by atoms with Gasteiger partial charge < -0.3 is 16.0 Å². The molecule has 3 rings (SSSR count). The van der Waals surface area contributed by atoms with E-state index in [4.69, 9.17) is 0 Å². The molecule has 0 unspecified atom stereocenters. The van der Waals surface area contributed by atoms with Crippen molar-refractivity contribution < 1.29 is 4.79 Å². The summed E-state index contributed by atoms with van der Waals surface area (Å²) in [5, 5.41) is 9.23. The highest BCUT2D eigenvalue weighted by Crippen LogP contribution is 2.15. The standard InChI is InChI=1S/C19H19IN6O/c1-13-24-17(12-18(25-13)26-16-4-2-3-9-21-16)22-10-11-23-19(27)14-5-7-15(20)8-6-14/h2-9,12H,10-11H2,1H3,(H,23,27)(H2,21,22,24,25,26). The van der Waals surface area contributed by atoms with Crippen molar-refractivity contribution in [3.8, 4) is 0 Å². The molecular weight excluding hydrogens is 455 g/mol. The molecule has 0 spiro atoms. The molecule has 7 nitrogen and oxygen atoms in total. The number of anilines is 3. The first-order chi connectivity index (χ1) is 13.1. The number of halogens is 1. The molecule has 0 bridgehead atoms. The molecule has 0 aliphatic heterocycles. The molecule has 0 radical (unpaired) electrons. The molecule has 1 amide bonds. The summed E-state index contributed by atoms with van der Waals surface area (Å²) in [4.78, 5) is 25.0. The largest absolute Gasteiger partial charge is 0.368 e. The van der Waals surface area contributed by atoms with E-state index < -0.39 is 0 Å². The Hall–Kier alpha value is -2.75. The Balaban J connectivity index is 1.52. The lowest BCUT2D eigenvalue weighted by Crippen LogP contribution is -2.28. The van der Waals surface area contributed by atoms with Gasteiger partial charge in [0.15, 0.2) is 0 Å². The fourth-order valence-corrected chi connectivity index (χ4v) is 2.72. The zero-order valence-electron chi connectivity index (χ0n) is 14.7. The Labute approximate surface area is 171 Å². The van der Waals surface area contributed by atoms with Gasteiger partial charge >= 0.3 is 0 Å². The quantitative estimate of drug-likeness (QED) is 0.360. The summed E-state index contributed by atoms with van der Waals surface area (Å²) in [5.41, 5.74) is 0.648. The van der Waals surface area contributed by atoms with E-state index in [1.54, 1.807) is 6.20 Å². The first-order valence-electron chi connectivity index (χ1n) is 8.41. The first-order valence-corrected chi connectivity index (χ1v) is 9.49. The van der Waals surface area contributed by atoms with Gasteiger partial charge in [-0.2, -0.15) is 0 Å². The minimum Gasteiger partial charge on any atom is -0.368 e. The van der Waals surface area contributed by atoms with Crippen molar-refractivity contribution in [2.45, 2.75) is 6.92 Å². The van der Waals surface area contributed by atoms with Crippen LogP contribution in [-0.4, -0.2) is 33.9 Å². The molecule has 3 aromatic rings. The van der Waals surface area contributed by atoms with Gasteiger partial charge in [-0.05, 0) is 65.9 Å². The monoisotopic (exact) mass is 474 g/mol. The maximum atomic E-state index is 12.1. The number of aryl methyl sites for hydroxylation is 1. The van der Waals surface area contributed by atoms with Crippen LogP contribution < -0.4 is 16.0 Å². The van der Waals surface area contributed by atoms with Gasteiger partial charge in [0.25, 0.3) is 5.91 Å². The second-order valence-electron chi connectivity index (χ2n) is 5.72. The SMILES string of the molecule is Cc1nc(NCCNC(=O)c2ccc(I)cc2)cc(Nc2ccccn2)n1. The number of hydrogen-bond acceptors (Lipinski definition) is 6. The maximum Gasteiger partial charge on any atom is 0.251 e. The van der Waals surface area contributed by atoms with Crippen molar-refractivity contribution in [3.63, 3.8) is 0 Å². The lowest BCUT2D eigenvalue weighted by molar-refractivity contribution is 0.0955. The van der Waals surface area contributed by atoms with Crippen LogP contribution in [0.25, 0.3) is 0 Å². The summed E-state index contributed by atoms with van der Waals surface area (Å²) in [6.45, 7) is 2.86. The molecule has 1 aromatic carbocycles. The fourth-order valence-electron chi connectivity index (χ4n) is 2.36. The van der Waals surface area contributed by atoms with Crippen molar-refractivity contribution in [3.05, 3.63) is 69.7 Å². The minimum absolute atomic E-state index is 0.0930. The van der Waals surface area contributed by atoms with Crippen LogP contribution in [0.2, 0.25) is 0 Å². The predicted octanol–water partition coefficient (Wildman–Crippen LogP) is 3.37. The van der Waals surface area contributed by atoms with E-state index in [-0.39, 0.29) is 5.91 Å². The van der Waals surface area contributed by atoms with Gasteiger partial charge in [0.1, 0.15) is 23.3 Å². The van der Waals surface area contributed by atoms with Crippen molar-refractivity contribution in [2.24, 2.45) is 0 Å². The molecule has 0 saturated carbocycles. The van der Waals surface area contributed by atoms with Gasteiger partial charge in [-0.1, -0.05) is 6.07 Å². The second-order valence-corrected chi connectivity index (χ2v) is 6.96. The maximum absolute atomic E-state index is 12.1. The fraction of sp³-hybridized carbons (Fsp3) is 0.158. The highest BCUT2D eigenvalue weighted by Gasteiger charge is 2.05. The van der Waals surface area contributed by atoms with Crippen molar-refractivity contribution in [1.82, 2.24) is 20.3 Å². The van der Waals surface area contributed by atoms with E-state index in [0.29, 0.717) is 41.9 Å². The number of hydrogen-bond donors (Lipinski definition) is 3. The first kappa shape index (κ1) is 19.0. The van der Waals surface area contributed by atoms with E-state index in [1.807, 2.05) is 55.5 Å². The molecule has 0 saturated heterocycles. The Morgan fingerprint density at radius 3 is 2.52 bits per heavy atom.